The monoisotopic (exact) mass is 176 g/mol. The molecule has 0 aromatic rings. The fraction of sp³-hybridized carbons (Fsp3) is 0.538. The summed E-state index contributed by atoms with van der Waals surface area (Å²) in [4.78, 5) is 0. The third kappa shape index (κ3) is 2.87. The lowest BCUT2D eigenvalue weighted by atomic mass is 9.83. The molecule has 0 saturated heterocycles. The summed E-state index contributed by atoms with van der Waals surface area (Å²) in [7, 11) is 0. The van der Waals surface area contributed by atoms with Gasteiger partial charge in [0.05, 0.1) is 0 Å². The Balaban J connectivity index is 2.72. The van der Waals surface area contributed by atoms with Gasteiger partial charge in [0.1, 0.15) is 0 Å². The maximum atomic E-state index is 4.14. The Morgan fingerprint density at radius 3 is 2.77 bits per heavy atom. The van der Waals surface area contributed by atoms with Crippen LogP contribution in [-0.4, -0.2) is 0 Å². The van der Waals surface area contributed by atoms with Crippen molar-refractivity contribution in [1.29, 1.82) is 0 Å². The Kier molecular flexibility index (Phi) is 3.53. The molecule has 0 bridgehead atoms. The predicted molar refractivity (Wildman–Crippen MR) is 59.7 cm³/mol. The first-order chi connectivity index (χ1) is 6.13. The average Bonchev–Trinajstić information content (AvgIpc) is 2.09. The van der Waals surface area contributed by atoms with Crippen LogP contribution in [0.25, 0.3) is 0 Å². The van der Waals surface area contributed by atoms with E-state index in [1.54, 1.807) is 0 Å². The van der Waals surface area contributed by atoms with Crippen molar-refractivity contribution in [2.24, 2.45) is 5.92 Å². The molecule has 0 N–H and O–H groups in total. The minimum absolute atomic E-state index is 0.829. The van der Waals surface area contributed by atoms with Crippen LogP contribution in [0.1, 0.15) is 40.0 Å². The molecule has 1 aliphatic carbocycles. The molecule has 1 fully saturated rings. The molecular formula is C13H20. The SMILES string of the molecule is C=C1CC(C)CC/C1=C/C(C)=C\C. The molecule has 13 heavy (non-hydrogen) atoms. The van der Waals surface area contributed by atoms with Crippen molar-refractivity contribution in [3.63, 3.8) is 0 Å². The Labute approximate surface area is 82.0 Å². The van der Waals surface area contributed by atoms with Crippen molar-refractivity contribution >= 4 is 0 Å². The zero-order chi connectivity index (χ0) is 9.84. The van der Waals surface area contributed by atoms with Gasteiger partial charge in [-0.1, -0.05) is 36.8 Å². The van der Waals surface area contributed by atoms with Gasteiger partial charge in [-0.3, -0.25) is 0 Å². The van der Waals surface area contributed by atoms with Crippen LogP contribution in [0.4, 0.5) is 0 Å². The van der Waals surface area contributed by atoms with Gasteiger partial charge < -0.3 is 0 Å². The molecule has 0 aliphatic heterocycles. The van der Waals surface area contributed by atoms with Gasteiger partial charge >= 0.3 is 0 Å². The van der Waals surface area contributed by atoms with Crippen LogP contribution in [0.2, 0.25) is 0 Å². The zero-order valence-corrected chi connectivity index (χ0v) is 9.06. The molecule has 1 rings (SSSR count). The highest BCUT2D eigenvalue weighted by atomic mass is 14.2. The van der Waals surface area contributed by atoms with Gasteiger partial charge in [-0.25, -0.2) is 0 Å². The molecule has 0 spiro atoms. The first kappa shape index (κ1) is 10.3. The summed E-state index contributed by atoms with van der Waals surface area (Å²) < 4.78 is 0. The van der Waals surface area contributed by atoms with Crippen molar-refractivity contribution in [2.75, 3.05) is 0 Å². The van der Waals surface area contributed by atoms with Crippen molar-refractivity contribution < 1.29 is 0 Å². The zero-order valence-electron chi connectivity index (χ0n) is 9.06. The molecular weight excluding hydrogens is 156 g/mol. The van der Waals surface area contributed by atoms with Crippen LogP contribution in [0.15, 0.2) is 35.5 Å². The minimum Gasteiger partial charge on any atom is -0.0955 e. The van der Waals surface area contributed by atoms with E-state index in [1.165, 1.54) is 36.0 Å². The molecule has 0 heterocycles. The van der Waals surface area contributed by atoms with Gasteiger partial charge in [-0.15, -0.1) is 0 Å². The lowest BCUT2D eigenvalue weighted by molar-refractivity contribution is 0.498. The van der Waals surface area contributed by atoms with Gasteiger partial charge in [-0.05, 0) is 44.6 Å². The first-order valence-electron chi connectivity index (χ1n) is 5.15. The van der Waals surface area contributed by atoms with Gasteiger partial charge in [0.25, 0.3) is 0 Å². The molecule has 1 atom stereocenters. The van der Waals surface area contributed by atoms with Crippen molar-refractivity contribution in [1.82, 2.24) is 0 Å². The average molecular weight is 176 g/mol. The summed E-state index contributed by atoms with van der Waals surface area (Å²) in [5.41, 5.74) is 4.17. The molecule has 0 radical (unpaired) electrons. The third-order valence-corrected chi connectivity index (χ3v) is 2.81. The van der Waals surface area contributed by atoms with E-state index >= 15 is 0 Å². The Hall–Kier alpha value is -0.780. The van der Waals surface area contributed by atoms with Crippen LogP contribution >= 0.6 is 0 Å². The Morgan fingerprint density at radius 1 is 1.54 bits per heavy atom. The fourth-order valence-corrected chi connectivity index (χ4v) is 1.76. The first-order valence-corrected chi connectivity index (χ1v) is 5.15. The molecule has 1 unspecified atom stereocenters. The lowest BCUT2D eigenvalue weighted by Gasteiger charge is -2.22. The van der Waals surface area contributed by atoms with Crippen molar-refractivity contribution in [3.8, 4) is 0 Å². The van der Waals surface area contributed by atoms with Crippen molar-refractivity contribution in [3.05, 3.63) is 35.5 Å². The second kappa shape index (κ2) is 4.45. The maximum absolute atomic E-state index is 4.14. The lowest BCUT2D eigenvalue weighted by Crippen LogP contribution is -2.06. The number of hydrogen-bond donors (Lipinski definition) is 0. The highest BCUT2D eigenvalue weighted by Crippen LogP contribution is 2.31. The van der Waals surface area contributed by atoms with E-state index in [9.17, 15) is 0 Å². The highest BCUT2D eigenvalue weighted by Gasteiger charge is 2.15. The van der Waals surface area contributed by atoms with E-state index in [0.29, 0.717) is 0 Å². The van der Waals surface area contributed by atoms with Crippen LogP contribution in [0.5, 0.6) is 0 Å². The topological polar surface area (TPSA) is 0 Å². The van der Waals surface area contributed by atoms with Gasteiger partial charge in [0.2, 0.25) is 0 Å². The summed E-state index contributed by atoms with van der Waals surface area (Å²) in [5, 5.41) is 0. The predicted octanol–water partition coefficient (Wildman–Crippen LogP) is 4.26. The van der Waals surface area contributed by atoms with Crippen molar-refractivity contribution in [2.45, 2.75) is 40.0 Å². The van der Waals surface area contributed by atoms with E-state index < -0.39 is 0 Å². The summed E-state index contributed by atoms with van der Waals surface area (Å²) in [6.45, 7) is 10.7. The molecule has 0 heteroatoms. The quantitative estimate of drug-likeness (QED) is 0.560. The van der Waals surface area contributed by atoms with E-state index in [0.717, 1.165) is 5.92 Å². The molecule has 0 nitrogen and oxygen atoms in total. The second-order valence-electron chi connectivity index (χ2n) is 4.15. The van der Waals surface area contributed by atoms with Crippen LogP contribution in [0, 0.1) is 5.92 Å². The maximum Gasteiger partial charge on any atom is -0.0256 e. The van der Waals surface area contributed by atoms with Gasteiger partial charge in [0, 0.05) is 0 Å². The smallest absolute Gasteiger partial charge is 0.0256 e. The number of hydrogen-bond acceptors (Lipinski definition) is 0. The van der Waals surface area contributed by atoms with Gasteiger partial charge in [0.15, 0.2) is 0 Å². The standard InChI is InChI=1S/C13H20/c1-5-10(2)9-13-7-6-11(3)8-12(13)4/h5,9,11H,4,6-8H2,1-3H3/b10-5-,13-9-. The summed E-state index contributed by atoms with van der Waals surface area (Å²) in [5.74, 6) is 0.829. The van der Waals surface area contributed by atoms with E-state index in [-0.39, 0.29) is 0 Å². The van der Waals surface area contributed by atoms with Crippen LogP contribution in [0.3, 0.4) is 0 Å². The minimum atomic E-state index is 0.829. The largest absolute Gasteiger partial charge is 0.0955 e. The Bertz CT molecular complexity index is 253. The molecule has 0 aromatic heterocycles. The fourth-order valence-electron chi connectivity index (χ4n) is 1.76. The molecule has 1 saturated carbocycles. The Morgan fingerprint density at radius 2 is 2.23 bits per heavy atom. The van der Waals surface area contributed by atoms with Crippen LogP contribution < -0.4 is 0 Å². The number of rotatable bonds is 1. The number of allylic oxidation sites excluding steroid dienone is 5. The van der Waals surface area contributed by atoms with Crippen LogP contribution in [-0.2, 0) is 0 Å². The van der Waals surface area contributed by atoms with E-state index in [2.05, 4.69) is 39.5 Å². The second-order valence-corrected chi connectivity index (χ2v) is 4.15. The summed E-state index contributed by atoms with van der Waals surface area (Å²) in [6.07, 6.45) is 8.16. The summed E-state index contributed by atoms with van der Waals surface area (Å²) >= 11 is 0. The summed E-state index contributed by atoms with van der Waals surface area (Å²) in [6, 6.07) is 0. The highest BCUT2D eigenvalue weighted by molar-refractivity contribution is 5.36. The molecule has 0 amide bonds. The third-order valence-electron chi connectivity index (χ3n) is 2.81. The van der Waals surface area contributed by atoms with E-state index in [1.807, 2.05) is 0 Å². The normalized spacial score (nSPS) is 28.2. The molecule has 72 valence electrons. The van der Waals surface area contributed by atoms with E-state index in [4.69, 9.17) is 0 Å². The molecule has 0 aromatic carbocycles. The molecule has 1 aliphatic rings. The van der Waals surface area contributed by atoms with Gasteiger partial charge in [-0.2, -0.15) is 0 Å².